The minimum Gasteiger partial charge on any atom is -0.497 e. The second-order valence-electron chi connectivity index (χ2n) is 3.96. The Labute approximate surface area is 106 Å². The molecule has 0 aliphatic carbocycles. The van der Waals surface area contributed by atoms with Crippen molar-refractivity contribution in [1.82, 2.24) is 9.97 Å². The molecule has 0 fully saturated rings. The van der Waals surface area contributed by atoms with E-state index in [1.54, 1.807) is 13.2 Å². The van der Waals surface area contributed by atoms with Gasteiger partial charge in [-0.1, -0.05) is 6.07 Å². The molecule has 0 unspecified atom stereocenters. The van der Waals surface area contributed by atoms with Gasteiger partial charge in [-0.2, -0.15) is 0 Å². The summed E-state index contributed by atoms with van der Waals surface area (Å²) in [6.45, 7) is 1.82. The van der Waals surface area contributed by atoms with E-state index in [1.165, 1.54) is 0 Å². The zero-order chi connectivity index (χ0) is 13.1. The molecule has 5 nitrogen and oxygen atoms in total. The van der Waals surface area contributed by atoms with Crippen LogP contribution in [0.4, 0.5) is 17.3 Å². The Morgan fingerprint density at radius 1 is 1.22 bits per heavy atom. The van der Waals surface area contributed by atoms with Gasteiger partial charge in [0.1, 0.15) is 23.2 Å². The number of nitrogens with two attached hydrogens (primary N) is 1. The van der Waals surface area contributed by atoms with Gasteiger partial charge in [-0.3, -0.25) is 0 Å². The van der Waals surface area contributed by atoms with E-state index in [4.69, 9.17) is 10.5 Å². The van der Waals surface area contributed by atoms with E-state index in [2.05, 4.69) is 9.97 Å². The fourth-order valence-electron chi connectivity index (χ4n) is 1.70. The smallest absolute Gasteiger partial charge is 0.138 e. The molecule has 18 heavy (non-hydrogen) atoms. The summed E-state index contributed by atoms with van der Waals surface area (Å²) in [4.78, 5) is 10.4. The third-order valence-electron chi connectivity index (χ3n) is 2.63. The summed E-state index contributed by atoms with van der Waals surface area (Å²) in [5.41, 5.74) is 6.71. The van der Waals surface area contributed by atoms with E-state index < -0.39 is 0 Å². The van der Waals surface area contributed by atoms with E-state index >= 15 is 0 Å². The van der Waals surface area contributed by atoms with E-state index in [0.717, 1.165) is 17.3 Å². The van der Waals surface area contributed by atoms with Crippen LogP contribution in [0.1, 0.15) is 5.82 Å². The van der Waals surface area contributed by atoms with Gasteiger partial charge in [0.15, 0.2) is 0 Å². The molecule has 0 bridgehead atoms. The van der Waals surface area contributed by atoms with Crippen LogP contribution in [0.5, 0.6) is 5.75 Å². The van der Waals surface area contributed by atoms with Crippen LogP contribution >= 0.6 is 0 Å². The molecule has 1 heterocycles. The third kappa shape index (κ3) is 2.51. The maximum Gasteiger partial charge on any atom is 0.138 e. The van der Waals surface area contributed by atoms with Gasteiger partial charge in [-0.15, -0.1) is 0 Å². The van der Waals surface area contributed by atoms with Crippen LogP contribution in [0.15, 0.2) is 30.3 Å². The molecule has 2 N–H and O–H groups in total. The molecule has 0 spiro atoms. The molecule has 94 valence electrons. The molecule has 0 atom stereocenters. The molecule has 0 aliphatic heterocycles. The van der Waals surface area contributed by atoms with Crippen LogP contribution in [0.2, 0.25) is 0 Å². The third-order valence-corrected chi connectivity index (χ3v) is 2.63. The minimum atomic E-state index is 0.465. The maximum absolute atomic E-state index is 5.73. The number of anilines is 3. The zero-order valence-corrected chi connectivity index (χ0v) is 10.7. The van der Waals surface area contributed by atoms with Gasteiger partial charge >= 0.3 is 0 Å². The van der Waals surface area contributed by atoms with Gasteiger partial charge in [0.25, 0.3) is 0 Å². The number of rotatable bonds is 3. The number of methoxy groups -OCH3 is 1. The number of ether oxygens (including phenoxy) is 1. The Hall–Kier alpha value is -2.30. The zero-order valence-electron chi connectivity index (χ0n) is 10.7. The van der Waals surface area contributed by atoms with Crippen molar-refractivity contribution in [2.45, 2.75) is 6.92 Å². The predicted octanol–water partition coefficient (Wildman–Crippen LogP) is 2.14. The molecular formula is C13H16N4O. The van der Waals surface area contributed by atoms with Crippen molar-refractivity contribution in [3.05, 3.63) is 36.2 Å². The summed E-state index contributed by atoms with van der Waals surface area (Å²) in [6, 6.07) is 9.50. The van der Waals surface area contributed by atoms with Crippen LogP contribution in [0.25, 0.3) is 0 Å². The van der Waals surface area contributed by atoms with Crippen LogP contribution < -0.4 is 15.4 Å². The standard InChI is InChI=1S/C13H16N4O/c1-9-15-12(14)8-13(16-9)17(2)10-5-4-6-11(7-10)18-3/h4-8H,1-3H3,(H2,14,15,16). The van der Waals surface area contributed by atoms with Gasteiger partial charge in [0.2, 0.25) is 0 Å². The molecule has 0 saturated heterocycles. The van der Waals surface area contributed by atoms with E-state index in [-0.39, 0.29) is 0 Å². The Bertz CT molecular complexity index is 536. The van der Waals surface area contributed by atoms with Crippen molar-refractivity contribution in [1.29, 1.82) is 0 Å². The van der Waals surface area contributed by atoms with Crippen molar-refractivity contribution in [3.63, 3.8) is 0 Å². The topological polar surface area (TPSA) is 64.3 Å². The quantitative estimate of drug-likeness (QED) is 0.896. The summed E-state index contributed by atoms with van der Waals surface area (Å²) < 4.78 is 5.20. The summed E-state index contributed by atoms with van der Waals surface area (Å²) in [6.07, 6.45) is 0. The summed E-state index contributed by atoms with van der Waals surface area (Å²) in [5.74, 6) is 2.68. The van der Waals surface area contributed by atoms with Crippen LogP contribution in [0, 0.1) is 6.92 Å². The maximum atomic E-state index is 5.73. The molecule has 2 aromatic rings. The molecule has 1 aromatic carbocycles. The first kappa shape index (κ1) is 12.2. The van der Waals surface area contributed by atoms with Crippen LogP contribution in [0.3, 0.4) is 0 Å². The first-order chi connectivity index (χ1) is 8.60. The first-order valence-electron chi connectivity index (χ1n) is 5.59. The summed E-state index contributed by atoms with van der Waals surface area (Å²) >= 11 is 0. The Morgan fingerprint density at radius 2 is 2.00 bits per heavy atom. The minimum absolute atomic E-state index is 0.465. The van der Waals surface area contributed by atoms with E-state index in [1.807, 2.05) is 43.1 Å². The molecule has 0 radical (unpaired) electrons. The SMILES string of the molecule is COc1cccc(N(C)c2cc(N)nc(C)n2)c1. The lowest BCUT2D eigenvalue weighted by molar-refractivity contribution is 0.415. The van der Waals surface area contributed by atoms with Crippen molar-refractivity contribution < 1.29 is 4.74 Å². The van der Waals surface area contributed by atoms with Crippen molar-refractivity contribution in [3.8, 4) is 5.75 Å². The van der Waals surface area contributed by atoms with Crippen molar-refractivity contribution in [2.24, 2.45) is 0 Å². The number of nitrogen functional groups attached to an aromatic ring is 1. The van der Waals surface area contributed by atoms with Gasteiger partial charge in [-0.05, 0) is 19.1 Å². The fourth-order valence-corrected chi connectivity index (χ4v) is 1.70. The molecule has 2 rings (SSSR count). The van der Waals surface area contributed by atoms with E-state index in [0.29, 0.717) is 11.6 Å². The highest BCUT2D eigenvalue weighted by Crippen LogP contribution is 2.26. The van der Waals surface area contributed by atoms with Crippen LogP contribution in [-0.4, -0.2) is 24.1 Å². The molecule has 5 heteroatoms. The number of aromatic nitrogens is 2. The molecule has 0 saturated carbocycles. The highest BCUT2D eigenvalue weighted by atomic mass is 16.5. The number of nitrogens with zero attached hydrogens (tertiary/aromatic N) is 3. The second-order valence-corrected chi connectivity index (χ2v) is 3.96. The lowest BCUT2D eigenvalue weighted by Crippen LogP contribution is -2.13. The molecule has 0 amide bonds. The highest BCUT2D eigenvalue weighted by molar-refractivity contribution is 5.62. The molecular weight excluding hydrogens is 228 g/mol. The molecule has 1 aromatic heterocycles. The molecule has 0 aliphatic rings. The average molecular weight is 244 g/mol. The Kier molecular flexibility index (Phi) is 3.32. The van der Waals surface area contributed by atoms with E-state index in [9.17, 15) is 0 Å². The van der Waals surface area contributed by atoms with Crippen LogP contribution in [-0.2, 0) is 0 Å². The number of benzene rings is 1. The lowest BCUT2D eigenvalue weighted by Gasteiger charge is -2.19. The van der Waals surface area contributed by atoms with Crippen molar-refractivity contribution >= 4 is 17.3 Å². The Morgan fingerprint density at radius 3 is 2.67 bits per heavy atom. The largest absolute Gasteiger partial charge is 0.497 e. The summed E-state index contributed by atoms with van der Waals surface area (Å²) in [5, 5.41) is 0. The van der Waals surface area contributed by atoms with Crippen molar-refractivity contribution in [2.75, 3.05) is 24.8 Å². The first-order valence-corrected chi connectivity index (χ1v) is 5.59. The second kappa shape index (κ2) is 4.91. The number of aryl methyl sites for hydroxylation is 1. The summed E-state index contributed by atoms with van der Waals surface area (Å²) in [7, 11) is 3.57. The Balaban J connectivity index is 2.37. The fraction of sp³-hybridized carbons (Fsp3) is 0.231. The average Bonchev–Trinajstić information content (AvgIpc) is 2.37. The van der Waals surface area contributed by atoms with Gasteiger partial charge in [-0.25, -0.2) is 9.97 Å². The highest BCUT2D eigenvalue weighted by Gasteiger charge is 2.08. The lowest BCUT2D eigenvalue weighted by atomic mass is 10.2. The monoisotopic (exact) mass is 244 g/mol. The van der Waals surface area contributed by atoms with Gasteiger partial charge in [0, 0.05) is 24.9 Å². The number of hydrogen-bond acceptors (Lipinski definition) is 5. The van der Waals surface area contributed by atoms with Gasteiger partial charge < -0.3 is 15.4 Å². The number of hydrogen-bond donors (Lipinski definition) is 1. The van der Waals surface area contributed by atoms with Gasteiger partial charge in [0.05, 0.1) is 7.11 Å². The normalized spacial score (nSPS) is 10.2. The predicted molar refractivity (Wildman–Crippen MR) is 72.2 cm³/mol.